The number of methoxy groups -OCH3 is 1. The fourth-order valence-electron chi connectivity index (χ4n) is 3.73. The second kappa shape index (κ2) is 9.58. The maximum Gasteiger partial charge on any atom is 0.433 e. The summed E-state index contributed by atoms with van der Waals surface area (Å²) in [6, 6.07) is 15.8. The lowest BCUT2D eigenvalue weighted by Crippen LogP contribution is -2.15. The van der Waals surface area contributed by atoms with Gasteiger partial charge in [-0.3, -0.25) is 9.48 Å². The van der Waals surface area contributed by atoms with Crippen molar-refractivity contribution in [3.63, 3.8) is 0 Å². The van der Waals surface area contributed by atoms with Gasteiger partial charge in [-0.25, -0.2) is 9.50 Å². The largest absolute Gasteiger partial charge is 0.497 e. The summed E-state index contributed by atoms with van der Waals surface area (Å²) >= 11 is 6.01. The van der Waals surface area contributed by atoms with Crippen LogP contribution in [0.4, 0.5) is 18.9 Å². The molecule has 0 radical (unpaired) electrons. The smallest absolute Gasteiger partial charge is 0.433 e. The van der Waals surface area contributed by atoms with E-state index in [0.717, 1.165) is 11.6 Å². The summed E-state index contributed by atoms with van der Waals surface area (Å²) in [6.07, 6.45) is -1.71. The van der Waals surface area contributed by atoms with Crippen LogP contribution in [0.2, 0.25) is 5.02 Å². The molecule has 37 heavy (non-hydrogen) atoms. The molecule has 3 heterocycles. The van der Waals surface area contributed by atoms with Crippen molar-refractivity contribution in [1.82, 2.24) is 24.4 Å². The number of fused-ring (bicyclic) bond motifs is 1. The molecule has 0 fully saturated rings. The second-order valence-electron chi connectivity index (χ2n) is 8.06. The number of ether oxygens (including phenoxy) is 1. The van der Waals surface area contributed by atoms with Crippen LogP contribution in [0.3, 0.4) is 0 Å². The molecule has 0 aliphatic heterocycles. The van der Waals surface area contributed by atoms with Crippen LogP contribution >= 0.6 is 11.6 Å². The monoisotopic (exact) mass is 526 g/mol. The molecule has 1 N–H and O–H groups in total. The molecule has 12 heteroatoms. The van der Waals surface area contributed by atoms with E-state index in [2.05, 4.69) is 20.5 Å². The minimum atomic E-state index is -4.73. The lowest BCUT2D eigenvalue weighted by Gasteiger charge is -2.11. The normalized spacial score (nSPS) is 11.6. The van der Waals surface area contributed by atoms with E-state index in [9.17, 15) is 18.0 Å². The number of alkyl halides is 3. The van der Waals surface area contributed by atoms with Crippen molar-refractivity contribution in [3.8, 4) is 17.0 Å². The Labute approximate surface area is 213 Å². The summed E-state index contributed by atoms with van der Waals surface area (Å²) in [7, 11) is 1.49. The van der Waals surface area contributed by atoms with E-state index in [0.29, 0.717) is 33.1 Å². The summed E-state index contributed by atoms with van der Waals surface area (Å²) in [4.78, 5) is 17.1. The van der Waals surface area contributed by atoms with E-state index < -0.39 is 17.8 Å². The van der Waals surface area contributed by atoms with Gasteiger partial charge in [-0.05, 0) is 48.0 Å². The average Bonchev–Trinajstić information content (AvgIpc) is 3.49. The number of amides is 1. The zero-order valence-corrected chi connectivity index (χ0v) is 20.0. The van der Waals surface area contributed by atoms with Crippen LogP contribution in [0.5, 0.6) is 5.75 Å². The fraction of sp³-hybridized carbons (Fsp3) is 0.120. The first-order valence-corrected chi connectivity index (χ1v) is 11.3. The minimum absolute atomic E-state index is 0.0802. The SMILES string of the molecule is COc1ccc(-c2cc(C(F)(F)F)n3nc(C(=O)Nc4cnn(Cc5cccc(Cl)c5)c4)cc3n2)cc1. The van der Waals surface area contributed by atoms with Crippen LogP contribution in [0.1, 0.15) is 21.7 Å². The summed E-state index contributed by atoms with van der Waals surface area (Å²) in [5.74, 6) is -0.146. The number of hydrogen-bond donors (Lipinski definition) is 1. The van der Waals surface area contributed by atoms with E-state index in [1.807, 2.05) is 12.1 Å². The summed E-state index contributed by atoms with van der Waals surface area (Å²) in [6.45, 7) is 0.414. The fourth-order valence-corrected chi connectivity index (χ4v) is 3.94. The van der Waals surface area contributed by atoms with Crippen LogP contribution in [-0.2, 0) is 12.7 Å². The minimum Gasteiger partial charge on any atom is -0.497 e. The highest BCUT2D eigenvalue weighted by Crippen LogP contribution is 2.32. The van der Waals surface area contributed by atoms with Crippen LogP contribution < -0.4 is 10.1 Å². The zero-order valence-electron chi connectivity index (χ0n) is 19.2. The third-order valence-electron chi connectivity index (χ3n) is 5.46. The van der Waals surface area contributed by atoms with Gasteiger partial charge in [-0.2, -0.15) is 23.4 Å². The Morgan fingerprint density at radius 2 is 1.89 bits per heavy atom. The van der Waals surface area contributed by atoms with Gasteiger partial charge < -0.3 is 10.1 Å². The molecular weight excluding hydrogens is 509 g/mol. The molecule has 0 bridgehead atoms. The highest BCUT2D eigenvalue weighted by molar-refractivity contribution is 6.30. The van der Waals surface area contributed by atoms with E-state index in [4.69, 9.17) is 16.3 Å². The molecule has 3 aromatic heterocycles. The number of halogens is 4. The van der Waals surface area contributed by atoms with Crippen LogP contribution in [-0.4, -0.2) is 37.4 Å². The Kier molecular flexibility index (Phi) is 6.30. The van der Waals surface area contributed by atoms with Gasteiger partial charge in [0.1, 0.15) is 5.75 Å². The molecule has 5 rings (SSSR count). The second-order valence-corrected chi connectivity index (χ2v) is 8.50. The molecular formula is C25H18ClF3N6O2. The van der Waals surface area contributed by atoms with Gasteiger partial charge in [0.05, 0.1) is 31.2 Å². The highest BCUT2D eigenvalue weighted by atomic mass is 35.5. The van der Waals surface area contributed by atoms with Crippen molar-refractivity contribution in [2.45, 2.75) is 12.7 Å². The Hall–Kier alpha value is -4.38. The first-order valence-electron chi connectivity index (χ1n) is 10.9. The lowest BCUT2D eigenvalue weighted by molar-refractivity contribution is -0.142. The van der Waals surface area contributed by atoms with Crippen molar-refractivity contribution >= 4 is 28.8 Å². The van der Waals surface area contributed by atoms with Gasteiger partial charge in [0, 0.05) is 22.8 Å². The first kappa shape index (κ1) is 24.3. The average molecular weight is 527 g/mol. The third-order valence-corrected chi connectivity index (χ3v) is 5.70. The zero-order chi connectivity index (χ0) is 26.2. The number of aromatic nitrogens is 5. The molecule has 5 aromatic rings. The molecule has 188 valence electrons. The summed E-state index contributed by atoms with van der Waals surface area (Å²) in [5.41, 5.74) is 0.385. The van der Waals surface area contributed by atoms with E-state index in [-0.39, 0.29) is 17.0 Å². The Balaban J connectivity index is 1.42. The predicted octanol–water partition coefficient (Wildman–Crippen LogP) is 5.57. The van der Waals surface area contributed by atoms with Gasteiger partial charge in [0.15, 0.2) is 17.0 Å². The van der Waals surface area contributed by atoms with Gasteiger partial charge in [0.25, 0.3) is 5.91 Å². The third kappa shape index (κ3) is 5.26. The Morgan fingerprint density at radius 3 is 2.59 bits per heavy atom. The van der Waals surface area contributed by atoms with Gasteiger partial charge in [0.2, 0.25) is 0 Å². The Morgan fingerprint density at radius 1 is 1.11 bits per heavy atom. The number of rotatable bonds is 6. The summed E-state index contributed by atoms with van der Waals surface area (Å²) in [5, 5.41) is 11.3. The highest BCUT2D eigenvalue weighted by Gasteiger charge is 2.35. The number of anilines is 1. The Bertz CT molecular complexity index is 1590. The number of benzene rings is 2. The topological polar surface area (TPSA) is 86.3 Å². The molecule has 1 amide bonds. The number of nitrogens with zero attached hydrogens (tertiary/aromatic N) is 5. The van der Waals surface area contributed by atoms with Gasteiger partial charge >= 0.3 is 6.18 Å². The lowest BCUT2D eigenvalue weighted by atomic mass is 10.1. The number of carbonyl (C=O) groups is 1. The van der Waals surface area contributed by atoms with Crippen molar-refractivity contribution in [3.05, 3.63) is 95.0 Å². The van der Waals surface area contributed by atoms with Crippen LogP contribution in [0, 0.1) is 0 Å². The number of carbonyl (C=O) groups excluding carboxylic acids is 1. The van der Waals surface area contributed by atoms with E-state index >= 15 is 0 Å². The quantitative estimate of drug-likeness (QED) is 0.312. The maximum absolute atomic E-state index is 13.9. The standard InChI is InChI=1S/C25H18ClF3N6O2/c1-37-19-7-5-16(6-8-19)20-10-22(25(27,28)29)35-23(32-20)11-21(33-35)24(36)31-18-12-30-34(14-18)13-15-3-2-4-17(26)9-15/h2-12,14H,13H2,1H3,(H,31,36). The number of nitrogens with one attached hydrogen (secondary N) is 1. The number of hydrogen-bond acceptors (Lipinski definition) is 5. The van der Waals surface area contributed by atoms with Gasteiger partial charge in [-0.1, -0.05) is 23.7 Å². The molecule has 0 aliphatic carbocycles. The van der Waals surface area contributed by atoms with Crippen molar-refractivity contribution in [2.75, 3.05) is 12.4 Å². The molecule has 0 atom stereocenters. The molecule has 0 aliphatic rings. The van der Waals surface area contributed by atoms with Gasteiger partial charge in [-0.15, -0.1) is 0 Å². The maximum atomic E-state index is 13.9. The first-order chi connectivity index (χ1) is 17.7. The molecule has 2 aromatic carbocycles. The summed E-state index contributed by atoms with van der Waals surface area (Å²) < 4.78 is 48.9. The molecule has 0 saturated heterocycles. The van der Waals surface area contributed by atoms with Crippen molar-refractivity contribution in [1.29, 1.82) is 0 Å². The van der Waals surface area contributed by atoms with E-state index in [1.165, 1.54) is 19.4 Å². The predicted molar refractivity (Wildman–Crippen MR) is 131 cm³/mol. The van der Waals surface area contributed by atoms with Crippen molar-refractivity contribution < 1.29 is 22.7 Å². The van der Waals surface area contributed by atoms with E-state index in [1.54, 1.807) is 47.3 Å². The molecule has 0 saturated carbocycles. The van der Waals surface area contributed by atoms with Crippen LogP contribution in [0.15, 0.2) is 73.1 Å². The molecule has 0 spiro atoms. The molecule has 8 nitrogen and oxygen atoms in total. The van der Waals surface area contributed by atoms with Crippen LogP contribution in [0.25, 0.3) is 16.9 Å². The van der Waals surface area contributed by atoms with Crippen molar-refractivity contribution in [2.24, 2.45) is 0 Å². The molecule has 0 unspecified atom stereocenters.